The molecule has 0 radical (unpaired) electrons. The highest BCUT2D eigenvalue weighted by Gasteiger charge is 2.51. The van der Waals surface area contributed by atoms with Crippen LogP contribution in [0.4, 0.5) is 0 Å². The van der Waals surface area contributed by atoms with Crippen LogP contribution in [0.1, 0.15) is 49.7 Å². The number of esters is 2. The number of benzene rings is 1. The lowest BCUT2D eigenvalue weighted by Crippen LogP contribution is -2.24. The number of rotatable bonds is 7. The lowest BCUT2D eigenvalue weighted by molar-refractivity contribution is -0.148. The minimum atomic E-state index is -0.297. The Morgan fingerprint density at radius 2 is 2.15 bits per heavy atom. The molecule has 0 spiro atoms. The van der Waals surface area contributed by atoms with Gasteiger partial charge >= 0.3 is 11.9 Å². The maximum absolute atomic E-state index is 11.4. The van der Waals surface area contributed by atoms with Crippen molar-refractivity contribution in [3.05, 3.63) is 29.3 Å². The first-order chi connectivity index (χ1) is 12.5. The van der Waals surface area contributed by atoms with Crippen molar-refractivity contribution in [3.63, 3.8) is 0 Å². The van der Waals surface area contributed by atoms with Crippen LogP contribution in [0.3, 0.4) is 0 Å². The number of methoxy groups -OCH3 is 1. The molecule has 142 valence electrons. The molecular weight excluding hydrogens is 336 g/mol. The van der Waals surface area contributed by atoms with E-state index in [1.807, 2.05) is 12.1 Å². The summed E-state index contributed by atoms with van der Waals surface area (Å²) >= 11 is 0. The van der Waals surface area contributed by atoms with Crippen molar-refractivity contribution in [2.24, 2.45) is 5.92 Å². The van der Waals surface area contributed by atoms with Gasteiger partial charge in [-0.3, -0.25) is 9.59 Å². The van der Waals surface area contributed by atoms with Crippen molar-refractivity contribution in [3.8, 4) is 5.75 Å². The van der Waals surface area contributed by atoms with Crippen LogP contribution in [-0.4, -0.2) is 43.0 Å². The van der Waals surface area contributed by atoms with E-state index in [2.05, 4.69) is 6.07 Å². The minimum absolute atomic E-state index is 0.0346. The molecule has 0 aromatic heterocycles. The summed E-state index contributed by atoms with van der Waals surface area (Å²) in [7, 11) is 1.40. The average Bonchev–Trinajstić information content (AvgIpc) is 3.12. The summed E-state index contributed by atoms with van der Waals surface area (Å²) in [6.45, 7) is 1.47. The van der Waals surface area contributed by atoms with Gasteiger partial charge in [-0.1, -0.05) is 18.2 Å². The molecule has 3 rings (SSSR count). The number of aliphatic hydroxyl groups excluding tert-OH is 1. The first-order valence-corrected chi connectivity index (χ1v) is 9.18. The molecule has 6 heteroatoms. The van der Waals surface area contributed by atoms with Crippen molar-refractivity contribution >= 4 is 11.9 Å². The Balaban J connectivity index is 1.77. The van der Waals surface area contributed by atoms with E-state index < -0.39 is 0 Å². The Kier molecular flexibility index (Phi) is 5.81. The van der Waals surface area contributed by atoms with Gasteiger partial charge in [0, 0.05) is 43.8 Å². The van der Waals surface area contributed by atoms with Crippen LogP contribution >= 0.6 is 0 Å². The van der Waals surface area contributed by atoms with Gasteiger partial charge in [0.1, 0.15) is 18.0 Å². The summed E-state index contributed by atoms with van der Waals surface area (Å²) < 4.78 is 16.4. The second-order valence-corrected chi connectivity index (χ2v) is 7.01. The zero-order valence-electron chi connectivity index (χ0n) is 15.3. The van der Waals surface area contributed by atoms with Crippen LogP contribution in [0, 0.1) is 5.92 Å². The van der Waals surface area contributed by atoms with E-state index >= 15 is 0 Å². The molecule has 1 fully saturated rings. The molecule has 2 aliphatic rings. The second kappa shape index (κ2) is 8.08. The number of carbonyl (C=O) groups is 2. The van der Waals surface area contributed by atoms with E-state index in [1.165, 1.54) is 14.0 Å². The van der Waals surface area contributed by atoms with Gasteiger partial charge in [-0.05, 0) is 24.8 Å². The number of hydrogen-bond acceptors (Lipinski definition) is 6. The molecule has 1 aliphatic heterocycles. The number of aliphatic hydroxyl groups is 1. The summed E-state index contributed by atoms with van der Waals surface area (Å²) in [4.78, 5) is 22.7. The lowest BCUT2D eigenvalue weighted by Gasteiger charge is -2.23. The fourth-order valence-electron chi connectivity index (χ4n) is 4.36. The fraction of sp³-hybridized carbons (Fsp3) is 0.600. The number of aryl methyl sites for hydroxylation is 1. The summed E-state index contributed by atoms with van der Waals surface area (Å²) in [5, 5.41) is 9.47. The molecule has 1 aromatic rings. The van der Waals surface area contributed by atoms with Crippen molar-refractivity contribution in [2.45, 2.75) is 57.2 Å². The Morgan fingerprint density at radius 1 is 1.35 bits per heavy atom. The third kappa shape index (κ3) is 3.70. The molecule has 0 bridgehead atoms. The summed E-state index contributed by atoms with van der Waals surface area (Å²) in [5.74, 6) is 0.580. The molecule has 0 amide bonds. The molecule has 1 N–H and O–H groups in total. The normalized spacial score (nSPS) is 26.0. The largest absolute Gasteiger partial charge is 0.489 e. The third-order valence-corrected chi connectivity index (χ3v) is 5.39. The van der Waals surface area contributed by atoms with E-state index in [9.17, 15) is 14.7 Å². The van der Waals surface area contributed by atoms with Gasteiger partial charge in [0.25, 0.3) is 0 Å². The van der Waals surface area contributed by atoms with Crippen LogP contribution in [0.5, 0.6) is 5.75 Å². The van der Waals surface area contributed by atoms with Crippen LogP contribution in [0.25, 0.3) is 0 Å². The zero-order chi connectivity index (χ0) is 18.7. The van der Waals surface area contributed by atoms with Crippen LogP contribution in [0.15, 0.2) is 18.2 Å². The molecule has 1 aliphatic carbocycles. The SMILES string of the molecule is COC(=O)CCCc1cccc2c1OC1C[C@@H](OC(C)=O)C(CCO)C21. The lowest BCUT2D eigenvalue weighted by atomic mass is 9.85. The van der Waals surface area contributed by atoms with Gasteiger partial charge in [0.2, 0.25) is 0 Å². The highest BCUT2D eigenvalue weighted by atomic mass is 16.5. The Bertz CT molecular complexity index is 670. The molecule has 3 unspecified atom stereocenters. The highest BCUT2D eigenvalue weighted by Crippen LogP contribution is 2.53. The Labute approximate surface area is 153 Å². The smallest absolute Gasteiger partial charge is 0.305 e. The molecule has 0 saturated heterocycles. The first-order valence-electron chi connectivity index (χ1n) is 9.18. The van der Waals surface area contributed by atoms with Crippen molar-refractivity contribution in [1.29, 1.82) is 0 Å². The number of ether oxygens (including phenoxy) is 3. The average molecular weight is 362 g/mol. The summed E-state index contributed by atoms with van der Waals surface area (Å²) in [6, 6.07) is 6.10. The molecule has 1 saturated carbocycles. The van der Waals surface area contributed by atoms with Gasteiger partial charge in [-0.2, -0.15) is 0 Å². The zero-order valence-corrected chi connectivity index (χ0v) is 15.3. The molecule has 6 nitrogen and oxygen atoms in total. The number of para-hydroxylation sites is 1. The van der Waals surface area contributed by atoms with Crippen molar-refractivity contribution in [1.82, 2.24) is 0 Å². The molecular formula is C20H26O6. The van der Waals surface area contributed by atoms with E-state index in [0.29, 0.717) is 25.7 Å². The Hall–Kier alpha value is -2.08. The van der Waals surface area contributed by atoms with Gasteiger partial charge in [0.05, 0.1) is 7.11 Å². The van der Waals surface area contributed by atoms with E-state index in [-0.39, 0.29) is 42.6 Å². The minimum Gasteiger partial charge on any atom is -0.489 e. The highest BCUT2D eigenvalue weighted by molar-refractivity contribution is 5.69. The monoisotopic (exact) mass is 362 g/mol. The van der Waals surface area contributed by atoms with E-state index in [1.54, 1.807) is 0 Å². The topological polar surface area (TPSA) is 82.1 Å². The van der Waals surface area contributed by atoms with Crippen molar-refractivity contribution < 1.29 is 28.9 Å². The number of fused-ring (bicyclic) bond motifs is 3. The van der Waals surface area contributed by atoms with Gasteiger partial charge in [-0.15, -0.1) is 0 Å². The standard InChI is InChI=1S/C20H26O6/c1-12(22)25-16-11-17-19(14(16)9-10-21)15-7-3-5-13(20(15)26-17)6-4-8-18(23)24-2/h3,5,7,14,16-17,19,21H,4,6,8-11H2,1-2H3/t14?,16-,17?,19?/m1/s1. The molecule has 1 aromatic carbocycles. The predicted molar refractivity (Wildman–Crippen MR) is 93.9 cm³/mol. The quantitative estimate of drug-likeness (QED) is 0.750. The second-order valence-electron chi connectivity index (χ2n) is 7.01. The fourth-order valence-corrected chi connectivity index (χ4v) is 4.36. The predicted octanol–water partition coefficient (Wildman–Crippen LogP) is 2.36. The first kappa shape index (κ1) is 18.7. The van der Waals surface area contributed by atoms with Gasteiger partial charge in [-0.25, -0.2) is 0 Å². The van der Waals surface area contributed by atoms with Crippen LogP contribution < -0.4 is 4.74 Å². The maximum Gasteiger partial charge on any atom is 0.305 e. The molecule has 26 heavy (non-hydrogen) atoms. The van der Waals surface area contributed by atoms with Crippen LogP contribution in [-0.2, 0) is 25.5 Å². The van der Waals surface area contributed by atoms with E-state index in [0.717, 1.165) is 23.3 Å². The van der Waals surface area contributed by atoms with Crippen LogP contribution in [0.2, 0.25) is 0 Å². The Morgan fingerprint density at radius 3 is 2.85 bits per heavy atom. The third-order valence-electron chi connectivity index (χ3n) is 5.39. The van der Waals surface area contributed by atoms with Gasteiger partial charge in [0.15, 0.2) is 0 Å². The number of carbonyl (C=O) groups excluding carboxylic acids is 2. The van der Waals surface area contributed by atoms with Crippen molar-refractivity contribution in [2.75, 3.05) is 13.7 Å². The molecule has 1 heterocycles. The number of hydrogen-bond donors (Lipinski definition) is 1. The maximum atomic E-state index is 11.4. The molecule has 4 atom stereocenters. The van der Waals surface area contributed by atoms with E-state index in [4.69, 9.17) is 14.2 Å². The summed E-state index contributed by atoms with van der Waals surface area (Å²) in [5.41, 5.74) is 2.21. The van der Waals surface area contributed by atoms with Gasteiger partial charge < -0.3 is 19.3 Å². The summed E-state index contributed by atoms with van der Waals surface area (Å²) in [6.07, 6.45) is 2.81.